The van der Waals surface area contributed by atoms with E-state index in [-0.39, 0.29) is 18.6 Å². The van der Waals surface area contributed by atoms with Crippen LogP contribution in [0.1, 0.15) is 39.0 Å². The smallest absolute Gasteiger partial charge is 0.159 e. The molecule has 0 aliphatic heterocycles. The molecule has 100 valence electrons. The molecule has 0 radical (unpaired) electrons. The molecule has 0 saturated carbocycles. The molecule has 3 N–H and O–H groups in total. The van der Waals surface area contributed by atoms with Crippen molar-refractivity contribution in [3.63, 3.8) is 0 Å². The number of rotatable bonds is 3. The molecule has 2 aliphatic carbocycles. The highest BCUT2D eigenvalue weighted by atomic mass is 16.2. The highest BCUT2D eigenvalue weighted by Crippen LogP contribution is 2.40. The van der Waals surface area contributed by atoms with Gasteiger partial charge in [0, 0.05) is 18.4 Å². The predicted octanol–water partition coefficient (Wildman–Crippen LogP) is 1.96. The Morgan fingerprint density at radius 1 is 1.39 bits per heavy atom. The summed E-state index contributed by atoms with van der Waals surface area (Å²) in [5.74, 6) is 0.956. The fourth-order valence-corrected chi connectivity index (χ4v) is 3.30. The molecule has 0 aromatic carbocycles. The van der Waals surface area contributed by atoms with Gasteiger partial charge in [0.2, 0.25) is 0 Å². The zero-order valence-corrected chi connectivity index (χ0v) is 11.1. The minimum atomic E-state index is 0.0544. The van der Waals surface area contributed by atoms with Gasteiger partial charge in [-0.2, -0.15) is 0 Å². The lowest BCUT2D eigenvalue weighted by molar-refractivity contribution is -0.117. The van der Waals surface area contributed by atoms with Gasteiger partial charge in [0.15, 0.2) is 5.78 Å². The maximum absolute atomic E-state index is 12.2. The Morgan fingerprint density at radius 2 is 2.17 bits per heavy atom. The van der Waals surface area contributed by atoms with Gasteiger partial charge in [0.1, 0.15) is 0 Å². The predicted molar refractivity (Wildman–Crippen MR) is 72.0 cm³/mol. The normalized spacial score (nSPS) is 33.1. The van der Waals surface area contributed by atoms with Crippen LogP contribution in [0.5, 0.6) is 0 Å². The number of ketones is 1. The van der Waals surface area contributed by atoms with Crippen molar-refractivity contribution in [2.24, 2.45) is 17.6 Å². The third-order valence-corrected chi connectivity index (χ3v) is 4.14. The summed E-state index contributed by atoms with van der Waals surface area (Å²) in [5.41, 5.74) is 8.55. The van der Waals surface area contributed by atoms with E-state index in [9.17, 15) is 4.79 Å². The van der Waals surface area contributed by atoms with Crippen LogP contribution >= 0.6 is 0 Å². The molecule has 2 aliphatic rings. The summed E-state index contributed by atoms with van der Waals surface area (Å²) in [6.07, 6.45) is 8.17. The average molecular weight is 249 g/mol. The largest absolute Gasteiger partial charge is 0.392 e. The van der Waals surface area contributed by atoms with Crippen molar-refractivity contribution in [2.45, 2.75) is 45.1 Å². The molecule has 2 rings (SSSR count). The Hall–Kier alpha value is -0.930. The highest BCUT2D eigenvalue weighted by molar-refractivity contribution is 5.98. The van der Waals surface area contributed by atoms with E-state index in [4.69, 9.17) is 10.8 Å². The highest BCUT2D eigenvalue weighted by Gasteiger charge is 2.35. The number of carbonyl (C=O) groups excluding carboxylic acids is 1. The summed E-state index contributed by atoms with van der Waals surface area (Å²) in [4.78, 5) is 12.2. The molecule has 0 heterocycles. The van der Waals surface area contributed by atoms with Crippen LogP contribution in [0.2, 0.25) is 0 Å². The first-order valence-electron chi connectivity index (χ1n) is 6.90. The molecular weight excluding hydrogens is 226 g/mol. The second-order valence-corrected chi connectivity index (χ2v) is 5.65. The van der Waals surface area contributed by atoms with E-state index < -0.39 is 0 Å². The quantitative estimate of drug-likeness (QED) is 0.752. The number of aliphatic hydroxyl groups excluding tert-OH is 1. The molecular formula is C15H23NO2. The van der Waals surface area contributed by atoms with E-state index >= 15 is 0 Å². The summed E-state index contributed by atoms with van der Waals surface area (Å²) >= 11 is 0. The Bertz CT molecular complexity index is 384. The molecule has 3 atom stereocenters. The van der Waals surface area contributed by atoms with E-state index in [2.05, 4.69) is 6.92 Å². The fraction of sp³-hybridized carbons (Fsp3) is 0.667. The molecule has 3 heteroatoms. The maximum atomic E-state index is 12.2. The van der Waals surface area contributed by atoms with Gasteiger partial charge in [-0.15, -0.1) is 0 Å². The van der Waals surface area contributed by atoms with Crippen molar-refractivity contribution >= 4 is 5.78 Å². The molecule has 0 aromatic heterocycles. The van der Waals surface area contributed by atoms with Crippen LogP contribution in [0, 0.1) is 11.8 Å². The third-order valence-electron chi connectivity index (χ3n) is 4.14. The van der Waals surface area contributed by atoms with Gasteiger partial charge in [-0.1, -0.05) is 24.6 Å². The number of hydrogen-bond acceptors (Lipinski definition) is 3. The summed E-state index contributed by atoms with van der Waals surface area (Å²) < 4.78 is 0. The van der Waals surface area contributed by atoms with Crippen LogP contribution in [0.3, 0.4) is 0 Å². The monoisotopic (exact) mass is 249 g/mol. The van der Waals surface area contributed by atoms with E-state index in [1.807, 2.05) is 6.08 Å². The standard InChI is InChI=1S/C15H23NO2/c1-10-8-11-5-6-13(16)12(4-2-3-7-17)15(11)14(18)9-10/h2-3,10,12-13,17H,4-9,16H2,1H3. The van der Waals surface area contributed by atoms with Gasteiger partial charge in [0.25, 0.3) is 0 Å². The first kappa shape index (κ1) is 13.5. The SMILES string of the molecule is CC1CC(=O)C2=C(CCC(N)C2CC=CCO)C1. The molecule has 0 fully saturated rings. The van der Waals surface area contributed by atoms with Crippen LogP contribution in [0.15, 0.2) is 23.3 Å². The molecule has 0 spiro atoms. The molecule has 0 amide bonds. The lowest BCUT2D eigenvalue weighted by Gasteiger charge is -2.36. The molecule has 3 nitrogen and oxygen atoms in total. The van der Waals surface area contributed by atoms with Crippen molar-refractivity contribution in [1.82, 2.24) is 0 Å². The second-order valence-electron chi connectivity index (χ2n) is 5.65. The van der Waals surface area contributed by atoms with Crippen molar-refractivity contribution < 1.29 is 9.90 Å². The number of aliphatic hydroxyl groups is 1. The van der Waals surface area contributed by atoms with Crippen molar-refractivity contribution in [3.8, 4) is 0 Å². The number of hydrogen-bond donors (Lipinski definition) is 2. The maximum Gasteiger partial charge on any atom is 0.159 e. The van der Waals surface area contributed by atoms with Crippen molar-refractivity contribution in [2.75, 3.05) is 6.61 Å². The first-order valence-corrected chi connectivity index (χ1v) is 6.90. The summed E-state index contributed by atoms with van der Waals surface area (Å²) in [6.45, 7) is 2.20. The lowest BCUT2D eigenvalue weighted by atomic mass is 9.69. The zero-order chi connectivity index (χ0) is 13.1. The van der Waals surface area contributed by atoms with Gasteiger partial charge >= 0.3 is 0 Å². The van der Waals surface area contributed by atoms with Crippen LogP contribution < -0.4 is 5.73 Å². The summed E-state index contributed by atoms with van der Waals surface area (Å²) in [6, 6.07) is 0.0875. The van der Waals surface area contributed by atoms with Gasteiger partial charge in [-0.25, -0.2) is 0 Å². The van der Waals surface area contributed by atoms with Crippen LogP contribution in [-0.4, -0.2) is 23.5 Å². The van der Waals surface area contributed by atoms with Gasteiger partial charge in [-0.05, 0) is 37.2 Å². The van der Waals surface area contributed by atoms with Crippen molar-refractivity contribution in [1.29, 1.82) is 0 Å². The van der Waals surface area contributed by atoms with Crippen molar-refractivity contribution in [3.05, 3.63) is 23.3 Å². The minimum absolute atomic E-state index is 0.0544. The van der Waals surface area contributed by atoms with Gasteiger partial charge in [-0.3, -0.25) is 4.79 Å². The molecule has 0 aromatic rings. The Morgan fingerprint density at radius 3 is 2.89 bits per heavy atom. The van der Waals surface area contributed by atoms with E-state index in [0.717, 1.165) is 31.3 Å². The minimum Gasteiger partial charge on any atom is -0.392 e. The van der Waals surface area contributed by atoms with Crippen LogP contribution in [0.4, 0.5) is 0 Å². The van der Waals surface area contributed by atoms with Crippen LogP contribution in [-0.2, 0) is 4.79 Å². The molecule has 18 heavy (non-hydrogen) atoms. The molecule has 3 unspecified atom stereocenters. The average Bonchev–Trinajstić information content (AvgIpc) is 2.32. The summed E-state index contributed by atoms with van der Waals surface area (Å²) in [5, 5.41) is 8.78. The zero-order valence-electron chi connectivity index (χ0n) is 11.1. The fourth-order valence-electron chi connectivity index (χ4n) is 3.30. The Balaban J connectivity index is 2.22. The summed E-state index contributed by atoms with van der Waals surface area (Å²) in [7, 11) is 0. The lowest BCUT2D eigenvalue weighted by Crippen LogP contribution is -2.39. The Kier molecular flexibility index (Phi) is 4.36. The number of Topliss-reactive ketones (excluding diaryl/α,β-unsaturated/α-hetero) is 1. The Labute approximate surface area is 109 Å². The van der Waals surface area contributed by atoms with Gasteiger partial charge < -0.3 is 10.8 Å². The van der Waals surface area contributed by atoms with E-state index in [1.54, 1.807) is 6.08 Å². The second kappa shape index (κ2) is 5.81. The number of nitrogens with two attached hydrogens (primary N) is 1. The first-order chi connectivity index (χ1) is 8.63. The van der Waals surface area contributed by atoms with E-state index in [1.165, 1.54) is 5.57 Å². The van der Waals surface area contributed by atoms with Crippen LogP contribution in [0.25, 0.3) is 0 Å². The third kappa shape index (κ3) is 2.73. The van der Waals surface area contributed by atoms with E-state index in [0.29, 0.717) is 18.1 Å². The topological polar surface area (TPSA) is 63.3 Å². The molecule has 0 saturated heterocycles. The number of allylic oxidation sites excluding steroid dienone is 2. The molecule has 0 bridgehead atoms. The number of carbonyl (C=O) groups is 1. The van der Waals surface area contributed by atoms with Gasteiger partial charge in [0.05, 0.1) is 6.61 Å².